The molecule has 0 fully saturated rings. The molecule has 0 atom stereocenters. The predicted octanol–water partition coefficient (Wildman–Crippen LogP) is 3.57. The maximum Gasteiger partial charge on any atom is 0.223 e. The van der Waals surface area contributed by atoms with E-state index in [-0.39, 0.29) is 24.1 Å². The Morgan fingerprint density at radius 1 is 1.15 bits per heavy atom. The van der Waals surface area contributed by atoms with E-state index in [9.17, 15) is 9.18 Å². The molecule has 0 aliphatic rings. The number of aryl methyl sites for hydroxylation is 1. The highest BCUT2D eigenvalue weighted by Crippen LogP contribution is 2.19. The van der Waals surface area contributed by atoms with Crippen molar-refractivity contribution < 1.29 is 13.9 Å². The van der Waals surface area contributed by atoms with Crippen LogP contribution in [-0.2, 0) is 17.8 Å². The molecule has 4 nitrogen and oxygen atoms in total. The monoisotopic (exact) mass is 380 g/mol. The molecule has 0 saturated carbocycles. The Hall–Kier alpha value is -2.11. The van der Waals surface area contributed by atoms with E-state index in [1.165, 1.54) is 13.2 Å². The molecule has 2 rings (SSSR count). The van der Waals surface area contributed by atoms with Crippen LogP contribution in [-0.4, -0.2) is 31.0 Å². The van der Waals surface area contributed by atoms with Crippen molar-refractivity contribution in [2.75, 3.05) is 20.2 Å². The third-order valence-electron chi connectivity index (χ3n) is 4.04. The summed E-state index contributed by atoms with van der Waals surface area (Å²) in [6, 6.07) is 14.7. The summed E-state index contributed by atoms with van der Waals surface area (Å²) in [6.45, 7) is 1.74. The summed E-state index contributed by atoms with van der Waals surface area (Å²) in [4.78, 5) is 14.4. The molecule has 2 aromatic rings. The first-order valence-electron chi connectivity index (χ1n) is 8.48. The number of hydrogen-bond acceptors (Lipinski definition) is 3. The highest BCUT2D eigenvalue weighted by molar-refractivity contribution is 5.85. The summed E-state index contributed by atoms with van der Waals surface area (Å²) in [7, 11) is 1.43. The lowest BCUT2D eigenvalue weighted by molar-refractivity contribution is -0.131. The summed E-state index contributed by atoms with van der Waals surface area (Å²) in [6.07, 6.45) is 1.59. The summed E-state index contributed by atoms with van der Waals surface area (Å²) < 4.78 is 18.7. The van der Waals surface area contributed by atoms with Gasteiger partial charge in [-0.1, -0.05) is 36.4 Å². The van der Waals surface area contributed by atoms with Crippen molar-refractivity contribution in [3.8, 4) is 5.75 Å². The Morgan fingerprint density at radius 2 is 1.88 bits per heavy atom. The van der Waals surface area contributed by atoms with Crippen LogP contribution < -0.4 is 10.5 Å². The van der Waals surface area contributed by atoms with Gasteiger partial charge in [0.15, 0.2) is 11.6 Å². The molecule has 0 bridgehead atoms. The third kappa shape index (κ3) is 6.65. The van der Waals surface area contributed by atoms with Gasteiger partial charge in [0, 0.05) is 19.5 Å². The molecule has 0 unspecified atom stereocenters. The fourth-order valence-corrected chi connectivity index (χ4v) is 2.65. The van der Waals surface area contributed by atoms with Crippen molar-refractivity contribution in [1.29, 1.82) is 0 Å². The molecule has 0 aromatic heterocycles. The molecule has 1 amide bonds. The fourth-order valence-electron chi connectivity index (χ4n) is 2.65. The van der Waals surface area contributed by atoms with Gasteiger partial charge in [0.25, 0.3) is 0 Å². The minimum atomic E-state index is -0.406. The van der Waals surface area contributed by atoms with Gasteiger partial charge in [-0.3, -0.25) is 4.79 Å². The van der Waals surface area contributed by atoms with Crippen LogP contribution >= 0.6 is 12.4 Å². The number of ether oxygens (including phenoxy) is 1. The Bertz CT molecular complexity index is 683. The zero-order valence-corrected chi connectivity index (χ0v) is 15.8. The first kappa shape index (κ1) is 21.9. The fraction of sp³-hybridized carbons (Fsp3) is 0.350. The standard InChI is InChI=1S/C20H25FN2O2.ClH/c1-25-19-10-8-16(14-18(19)21)9-11-20(24)23(13-5-12-22)15-17-6-3-2-4-7-17;/h2-4,6-8,10,14H,5,9,11-13,15,22H2,1H3;1H. The third-order valence-corrected chi connectivity index (χ3v) is 4.04. The zero-order chi connectivity index (χ0) is 18.1. The van der Waals surface area contributed by atoms with Crippen molar-refractivity contribution in [3.05, 3.63) is 65.5 Å². The van der Waals surface area contributed by atoms with Gasteiger partial charge in [-0.2, -0.15) is 0 Å². The predicted molar refractivity (Wildman–Crippen MR) is 104 cm³/mol. The molecule has 0 aliphatic heterocycles. The second-order valence-corrected chi connectivity index (χ2v) is 5.91. The second-order valence-electron chi connectivity index (χ2n) is 5.91. The lowest BCUT2D eigenvalue weighted by atomic mass is 10.1. The molecule has 0 aliphatic carbocycles. The van der Waals surface area contributed by atoms with Gasteiger partial charge < -0.3 is 15.4 Å². The average molecular weight is 381 g/mol. The van der Waals surface area contributed by atoms with Crippen LogP contribution in [0.5, 0.6) is 5.75 Å². The quantitative estimate of drug-likeness (QED) is 0.723. The van der Waals surface area contributed by atoms with Crippen molar-refractivity contribution in [3.63, 3.8) is 0 Å². The smallest absolute Gasteiger partial charge is 0.223 e. The summed E-state index contributed by atoms with van der Waals surface area (Å²) in [5.41, 5.74) is 7.46. The number of halogens is 2. The number of methoxy groups -OCH3 is 1. The van der Waals surface area contributed by atoms with Crippen LogP contribution in [0.4, 0.5) is 4.39 Å². The van der Waals surface area contributed by atoms with Gasteiger partial charge in [0.05, 0.1) is 7.11 Å². The van der Waals surface area contributed by atoms with Gasteiger partial charge in [-0.15, -0.1) is 12.4 Å². The van der Waals surface area contributed by atoms with E-state index < -0.39 is 5.82 Å². The number of nitrogens with zero attached hydrogens (tertiary/aromatic N) is 1. The topological polar surface area (TPSA) is 55.6 Å². The van der Waals surface area contributed by atoms with Gasteiger partial charge >= 0.3 is 0 Å². The lowest BCUT2D eigenvalue weighted by Crippen LogP contribution is -2.32. The van der Waals surface area contributed by atoms with Gasteiger partial charge in [0.1, 0.15) is 0 Å². The Labute approximate surface area is 160 Å². The zero-order valence-electron chi connectivity index (χ0n) is 15.0. The van der Waals surface area contributed by atoms with E-state index in [2.05, 4.69) is 0 Å². The van der Waals surface area contributed by atoms with Gasteiger partial charge in [-0.25, -0.2) is 4.39 Å². The Morgan fingerprint density at radius 3 is 2.50 bits per heavy atom. The largest absolute Gasteiger partial charge is 0.494 e. The molecule has 0 heterocycles. The van der Waals surface area contributed by atoms with Crippen LogP contribution in [0.25, 0.3) is 0 Å². The summed E-state index contributed by atoms with van der Waals surface area (Å²) in [5, 5.41) is 0. The van der Waals surface area contributed by atoms with E-state index >= 15 is 0 Å². The number of carbonyl (C=O) groups is 1. The second kappa shape index (κ2) is 11.5. The minimum absolute atomic E-state index is 0. The maximum atomic E-state index is 13.8. The number of carbonyl (C=O) groups excluding carboxylic acids is 1. The molecule has 2 aromatic carbocycles. The highest BCUT2D eigenvalue weighted by Gasteiger charge is 2.14. The maximum absolute atomic E-state index is 13.8. The SMILES string of the molecule is COc1ccc(CCC(=O)N(CCCN)Cc2ccccc2)cc1F.Cl. The van der Waals surface area contributed by atoms with Crippen LogP contribution in [0.1, 0.15) is 24.0 Å². The molecule has 26 heavy (non-hydrogen) atoms. The van der Waals surface area contributed by atoms with Crippen molar-refractivity contribution in [2.24, 2.45) is 5.73 Å². The lowest BCUT2D eigenvalue weighted by Gasteiger charge is -2.23. The van der Waals surface area contributed by atoms with Crippen molar-refractivity contribution >= 4 is 18.3 Å². The Balaban J connectivity index is 0.00000338. The van der Waals surface area contributed by atoms with Crippen LogP contribution in [0.3, 0.4) is 0 Å². The number of rotatable bonds is 9. The minimum Gasteiger partial charge on any atom is -0.494 e. The van der Waals surface area contributed by atoms with Crippen LogP contribution in [0.2, 0.25) is 0 Å². The molecule has 0 spiro atoms. The van der Waals surface area contributed by atoms with Crippen LogP contribution in [0, 0.1) is 5.82 Å². The normalized spacial score (nSPS) is 10.1. The van der Waals surface area contributed by atoms with Crippen LogP contribution in [0.15, 0.2) is 48.5 Å². The number of amides is 1. The summed E-state index contributed by atoms with van der Waals surface area (Å²) >= 11 is 0. The summed E-state index contributed by atoms with van der Waals surface area (Å²) in [5.74, 6) is -0.144. The number of hydrogen-bond donors (Lipinski definition) is 1. The molecular weight excluding hydrogens is 355 g/mol. The van der Waals surface area contributed by atoms with E-state index in [4.69, 9.17) is 10.5 Å². The molecule has 142 valence electrons. The number of benzene rings is 2. The highest BCUT2D eigenvalue weighted by atomic mass is 35.5. The van der Waals surface area contributed by atoms with Crippen molar-refractivity contribution in [1.82, 2.24) is 4.90 Å². The molecule has 2 N–H and O–H groups in total. The van der Waals surface area contributed by atoms with E-state index in [0.717, 1.165) is 17.5 Å². The average Bonchev–Trinajstić information content (AvgIpc) is 2.64. The van der Waals surface area contributed by atoms with Gasteiger partial charge in [0.2, 0.25) is 5.91 Å². The van der Waals surface area contributed by atoms with Crippen molar-refractivity contribution in [2.45, 2.75) is 25.8 Å². The first-order valence-corrected chi connectivity index (χ1v) is 8.48. The Kier molecular flexibility index (Phi) is 9.70. The molecule has 0 radical (unpaired) electrons. The van der Waals surface area contributed by atoms with E-state index in [1.807, 2.05) is 35.2 Å². The van der Waals surface area contributed by atoms with E-state index in [0.29, 0.717) is 32.5 Å². The number of nitrogens with two attached hydrogens (primary N) is 1. The van der Waals surface area contributed by atoms with Gasteiger partial charge in [-0.05, 0) is 42.6 Å². The van der Waals surface area contributed by atoms with E-state index in [1.54, 1.807) is 12.1 Å². The molecular formula is C20H26ClFN2O2. The molecule has 0 saturated heterocycles. The first-order chi connectivity index (χ1) is 12.1. The molecule has 6 heteroatoms.